The van der Waals surface area contributed by atoms with E-state index in [4.69, 9.17) is 4.42 Å². The van der Waals surface area contributed by atoms with Crippen molar-refractivity contribution in [1.29, 1.82) is 0 Å². The molecule has 0 N–H and O–H groups in total. The Labute approximate surface area is 193 Å². The van der Waals surface area contributed by atoms with Gasteiger partial charge in [-0.05, 0) is 50.7 Å². The van der Waals surface area contributed by atoms with Crippen LogP contribution in [0, 0.1) is 0 Å². The zero-order valence-electron chi connectivity index (χ0n) is 18.9. The van der Waals surface area contributed by atoms with Gasteiger partial charge in [0.25, 0.3) is 0 Å². The highest BCUT2D eigenvalue weighted by atomic mass is 16.3. The number of hydrogen-bond acceptors (Lipinski definition) is 1. The number of benzene rings is 5. The van der Waals surface area contributed by atoms with Crippen LogP contribution in [0.5, 0.6) is 0 Å². The minimum absolute atomic E-state index is 0.0411. The smallest absolute Gasteiger partial charge is 0.139 e. The summed E-state index contributed by atoms with van der Waals surface area (Å²) in [5, 5.41) is 4.94. The van der Waals surface area contributed by atoms with Crippen LogP contribution in [0.2, 0.25) is 0 Å². The highest BCUT2D eigenvalue weighted by molar-refractivity contribution is 6.19. The van der Waals surface area contributed by atoms with Crippen LogP contribution in [0.25, 0.3) is 43.8 Å². The average molecular weight is 425 g/mol. The molecule has 7 rings (SSSR count). The summed E-state index contributed by atoms with van der Waals surface area (Å²) >= 11 is 0. The Morgan fingerprint density at radius 2 is 1.39 bits per heavy atom. The predicted molar refractivity (Wildman–Crippen MR) is 138 cm³/mol. The van der Waals surface area contributed by atoms with Gasteiger partial charge in [0.2, 0.25) is 0 Å². The Hall–Kier alpha value is -3.84. The van der Waals surface area contributed by atoms with Crippen LogP contribution in [0.15, 0.2) is 101 Å². The van der Waals surface area contributed by atoms with Crippen molar-refractivity contribution in [2.24, 2.45) is 0 Å². The summed E-state index contributed by atoms with van der Waals surface area (Å²) < 4.78 is 6.45. The maximum Gasteiger partial charge on any atom is 0.139 e. The molecule has 1 nitrogen and oxygen atoms in total. The molecular weight excluding hydrogens is 400 g/mol. The zero-order valence-corrected chi connectivity index (χ0v) is 18.9. The fourth-order valence-corrected chi connectivity index (χ4v) is 5.87. The van der Waals surface area contributed by atoms with Gasteiger partial charge < -0.3 is 4.42 Å². The highest BCUT2D eigenvalue weighted by Crippen LogP contribution is 2.49. The van der Waals surface area contributed by atoms with E-state index < -0.39 is 0 Å². The zero-order chi connectivity index (χ0) is 22.2. The first-order chi connectivity index (χ1) is 16.1. The molecule has 0 aliphatic heterocycles. The van der Waals surface area contributed by atoms with Crippen molar-refractivity contribution in [3.05, 3.63) is 119 Å². The summed E-state index contributed by atoms with van der Waals surface area (Å²) in [6.07, 6.45) is 0.844. The molecule has 5 aromatic carbocycles. The third-order valence-electron chi connectivity index (χ3n) is 7.49. The van der Waals surface area contributed by atoms with Gasteiger partial charge in [-0.3, -0.25) is 0 Å². The Morgan fingerprint density at radius 3 is 2.30 bits per heavy atom. The molecule has 0 saturated carbocycles. The van der Waals surface area contributed by atoms with Crippen LogP contribution in [-0.2, 0) is 11.8 Å². The van der Waals surface area contributed by atoms with Crippen LogP contribution < -0.4 is 0 Å². The van der Waals surface area contributed by atoms with Crippen LogP contribution in [0.1, 0.15) is 36.1 Å². The van der Waals surface area contributed by atoms with Gasteiger partial charge in [0.15, 0.2) is 0 Å². The van der Waals surface area contributed by atoms with Gasteiger partial charge in [0, 0.05) is 28.2 Å². The van der Waals surface area contributed by atoms with Crippen molar-refractivity contribution in [2.45, 2.75) is 25.7 Å². The molecule has 0 spiro atoms. The van der Waals surface area contributed by atoms with Gasteiger partial charge in [0.1, 0.15) is 11.2 Å². The van der Waals surface area contributed by atoms with E-state index in [9.17, 15) is 0 Å². The lowest BCUT2D eigenvalue weighted by Gasteiger charge is -2.21. The van der Waals surface area contributed by atoms with Crippen LogP contribution in [-0.4, -0.2) is 0 Å². The van der Waals surface area contributed by atoms with Gasteiger partial charge in [-0.15, -0.1) is 0 Å². The molecule has 1 aliphatic carbocycles. The molecule has 0 atom stereocenters. The first-order valence-electron chi connectivity index (χ1n) is 11.7. The van der Waals surface area contributed by atoms with Crippen LogP contribution in [0.4, 0.5) is 0 Å². The summed E-state index contributed by atoms with van der Waals surface area (Å²) in [6, 6.07) is 35.2. The quantitative estimate of drug-likeness (QED) is 0.271. The lowest BCUT2D eigenvalue weighted by atomic mass is 9.82. The Balaban J connectivity index is 1.44. The van der Waals surface area contributed by atoms with E-state index in [1.807, 2.05) is 6.07 Å². The normalized spacial score (nSPS) is 14.1. The first-order valence-corrected chi connectivity index (χ1v) is 11.7. The van der Waals surface area contributed by atoms with Crippen LogP contribution in [0.3, 0.4) is 0 Å². The second kappa shape index (κ2) is 6.59. The Bertz CT molecular complexity index is 1710. The van der Waals surface area contributed by atoms with Gasteiger partial charge >= 0.3 is 0 Å². The first kappa shape index (κ1) is 18.7. The summed E-state index contributed by atoms with van der Waals surface area (Å²) in [5.41, 5.74) is 10.1. The van der Waals surface area contributed by atoms with Gasteiger partial charge in [-0.2, -0.15) is 0 Å². The molecule has 33 heavy (non-hydrogen) atoms. The number of fused-ring (bicyclic) bond motifs is 8. The van der Waals surface area contributed by atoms with Crippen molar-refractivity contribution < 1.29 is 4.42 Å². The minimum Gasteiger partial charge on any atom is -0.456 e. The predicted octanol–water partition coefficient (Wildman–Crippen LogP) is 8.64. The highest BCUT2D eigenvalue weighted by Gasteiger charge is 2.35. The molecule has 1 heterocycles. The average Bonchev–Trinajstić information content (AvgIpc) is 3.34. The molecule has 0 amide bonds. The summed E-state index contributed by atoms with van der Waals surface area (Å²) in [6.45, 7) is 4.66. The molecule has 0 unspecified atom stereocenters. The van der Waals surface area contributed by atoms with E-state index in [2.05, 4.69) is 105 Å². The largest absolute Gasteiger partial charge is 0.456 e. The topological polar surface area (TPSA) is 13.1 Å². The second-order valence-electron chi connectivity index (χ2n) is 9.79. The standard InChI is InChI=1S/C32H24O/c1-32(2)27-13-7-5-11-24(27)26-18-20(15-16-28(26)32)17-22-19-21-9-3-4-10-23(21)30-25-12-6-8-14-29(25)33-31(22)30/h3-16,18-19H,17H2,1-2H3. The van der Waals surface area contributed by atoms with E-state index >= 15 is 0 Å². The molecule has 6 aromatic rings. The lowest BCUT2D eigenvalue weighted by molar-refractivity contribution is 0.659. The van der Waals surface area contributed by atoms with Crippen molar-refractivity contribution in [3.63, 3.8) is 0 Å². The molecule has 0 radical (unpaired) electrons. The summed E-state index contributed by atoms with van der Waals surface area (Å²) in [4.78, 5) is 0. The number of hydrogen-bond donors (Lipinski definition) is 0. The third kappa shape index (κ3) is 2.60. The molecule has 1 heteroatoms. The van der Waals surface area contributed by atoms with Crippen molar-refractivity contribution >= 4 is 32.7 Å². The molecule has 0 bridgehead atoms. The minimum atomic E-state index is 0.0411. The maximum atomic E-state index is 6.45. The molecule has 0 fully saturated rings. The summed E-state index contributed by atoms with van der Waals surface area (Å²) in [7, 11) is 0. The number of furan rings is 1. The maximum absolute atomic E-state index is 6.45. The fourth-order valence-electron chi connectivity index (χ4n) is 5.87. The van der Waals surface area contributed by atoms with E-state index in [0.717, 1.165) is 17.6 Å². The van der Waals surface area contributed by atoms with Gasteiger partial charge in [-0.25, -0.2) is 0 Å². The lowest BCUT2D eigenvalue weighted by Crippen LogP contribution is -2.14. The molecule has 1 aromatic heterocycles. The fraction of sp³-hybridized carbons (Fsp3) is 0.125. The molecule has 158 valence electrons. The van der Waals surface area contributed by atoms with Crippen molar-refractivity contribution in [2.75, 3.05) is 0 Å². The van der Waals surface area contributed by atoms with Crippen LogP contribution >= 0.6 is 0 Å². The Kier molecular flexibility index (Phi) is 3.73. The van der Waals surface area contributed by atoms with E-state index in [0.29, 0.717) is 0 Å². The third-order valence-corrected chi connectivity index (χ3v) is 7.49. The van der Waals surface area contributed by atoms with Crippen molar-refractivity contribution in [1.82, 2.24) is 0 Å². The number of para-hydroxylation sites is 1. The van der Waals surface area contributed by atoms with Gasteiger partial charge in [-0.1, -0.05) is 98.8 Å². The van der Waals surface area contributed by atoms with E-state index in [-0.39, 0.29) is 5.41 Å². The second-order valence-corrected chi connectivity index (χ2v) is 9.79. The number of rotatable bonds is 2. The van der Waals surface area contributed by atoms with E-state index in [1.54, 1.807) is 0 Å². The summed E-state index contributed by atoms with van der Waals surface area (Å²) in [5.74, 6) is 0. The van der Waals surface area contributed by atoms with E-state index in [1.165, 1.54) is 54.9 Å². The van der Waals surface area contributed by atoms with Crippen molar-refractivity contribution in [3.8, 4) is 11.1 Å². The SMILES string of the molecule is CC1(C)c2ccccc2-c2cc(Cc3cc4ccccc4c4c3oc3ccccc34)ccc21. The monoisotopic (exact) mass is 424 g/mol. The molecule has 0 saturated heterocycles. The Morgan fingerprint density at radius 1 is 0.667 bits per heavy atom. The van der Waals surface area contributed by atoms with Gasteiger partial charge in [0.05, 0.1) is 0 Å². The molecule has 1 aliphatic rings. The molecular formula is C32H24O.